The summed E-state index contributed by atoms with van der Waals surface area (Å²) in [6, 6.07) is 0. The van der Waals surface area contributed by atoms with Crippen LogP contribution in [0, 0.1) is 5.92 Å². The molecule has 0 saturated heterocycles. The number of hydrogen-bond donors (Lipinski definition) is 2. The Morgan fingerprint density at radius 1 is 1.50 bits per heavy atom. The molecule has 0 heterocycles. The molecule has 0 radical (unpaired) electrons. The van der Waals surface area contributed by atoms with Crippen molar-refractivity contribution in [2.75, 3.05) is 0 Å². The minimum absolute atomic E-state index is 0. The summed E-state index contributed by atoms with van der Waals surface area (Å²) in [5.74, 6) is -0.903. The molecule has 4 heteroatoms. The van der Waals surface area contributed by atoms with Crippen molar-refractivity contribution in [3.8, 4) is 0 Å². The molecule has 0 aliphatic carbocycles. The monoisotopic (exact) mass is 174 g/mol. The Morgan fingerprint density at radius 2 is 1.90 bits per heavy atom. The minimum atomic E-state index is -1.19. The fourth-order valence-electron chi connectivity index (χ4n) is 0.547. The first-order chi connectivity index (χ1) is 4.04. The summed E-state index contributed by atoms with van der Waals surface area (Å²) >= 11 is 0. The molecule has 0 aromatic heterocycles. The average molecular weight is 174 g/mol. The van der Waals surface area contributed by atoms with Gasteiger partial charge in [0.25, 0.3) is 0 Å². The predicted molar refractivity (Wildman–Crippen MR) is 41.6 cm³/mol. The Hall–Kier alpha value is 0.690. The molecule has 0 rings (SSSR count). The molecule has 0 aromatic carbocycles. The number of rotatable bonds is 3. The Bertz CT molecular complexity index is 103. The van der Waals surface area contributed by atoms with Gasteiger partial charge in [-0.2, -0.15) is 0 Å². The fraction of sp³-hybridized carbons (Fsp3) is 0.833. The third kappa shape index (κ3) is 6.80. The van der Waals surface area contributed by atoms with Gasteiger partial charge in [0.1, 0.15) is 0 Å². The van der Waals surface area contributed by atoms with E-state index in [-0.39, 0.29) is 43.7 Å². The van der Waals surface area contributed by atoms with E-state index in [0.29, 0.717) is 6.42 Å². The fourth-order valence-corrected chi connectivity index (χ4v) is 0.547. The standard InChI is InChI=1S/C6H12O3.Ca.2H/c1-4(2)3-5(7)6(8)9;;;/h4-5,7H,3H2,1-2H3,(H,8,9);;;. The van der Waals surface area contributed by atoms with Crippen LogP contribution in [0.2, 0.25) is 0 Å². The molecule has 0 amide bonds. The molecule has 3 nitrogen and oxygen atoms in total. The normalized spacial score (nSPS) is 12.4. The van der Waals surface area contributed by atoms with Gasteiger partial charge in [-0.15, -0.1) is 0 Å². The van der Waals surface area contributed by atoms with Crippen LogP contribution in [-0.4, -0.2) is 60.0 Å². The van der Waals surface area contributed by atoms with Crippen LogP contribution in [0.5, 0.6) is 0 Å². The maximum atomic E-state index is 9.98. The summed E-state index contributed by atoms with van der Waals surface area (Å²) in [6.45, 7) is 3.73. The molecule has 0 fully saturated rings. The van der Waals surface area contributed by atoms with E-state index in [1.54, 1.807) is 0 Å². The van der Waals surface area contributed by atoms with Crippen LogP contribution in [0.1, 0.15) is 20.3 Å². The molecule has 0 bridgehead atoms. The maximum absolute atomic E-state index is 9.98. The molecule has 0 aliphatic rings. The van der Waals surface area contributed by atoms with Gasteiger partial charge in [-0.3, -0.25) is 0 Å². The Morgan fingerprint density at radius 3 is 2.00 bits per heavy atom. The van der Waals surface area contributed by atoms with Crippen molar-refractivity contribution in [3.63, 3.8) is 0 Å². The summed E-state index contributed by atoms with van der Waals surface area (Å²) < 4.78 is 0. The molecule has 58 valence electrons. The molecular formula is C6H14CaO3. The van der Waals surface area contributed by atoms with E-state index >= 15 is 0 Å². The first kappa shape index (κ1) is 13.3. The molecule has 0 aliphatic heterocycles. The molecule has 1 unspecified atom stereocenters. The van der Waals surface area contributed by atoms with Gasteiger partial charge in [0.15, 0.2) is 6.10 Å². The van der Waals surface area contributed by atoms with Crippen LogP contribution in [0.25, 0.3) is 0 Å². The number of aliphatic hydroxyl groups excluding tert-OH is 1. The van der Waals surface area contributed by atoms with Gasteiger partial charge in [-0.1, -0.05) is 13.8 Å². The average Bonchev–Trinajstić information content (AvgIpc) is 1.63. The third-order valence-corrected chi connectivity index (χ3v) is 0.980. The second kappa shape index (κ2) is 6.40. The van der Waals surface area contributed by atoms with Crippen molar-refractivity contribution in [2.45, 2.75) is 26.4 Å². The predicted octanol–water partition coefficient (Wildman–Crippen LogP) is -0.438. The molecular weight excluding hydrogens is 160 g/mol. The van der Waals surface area contributed by atoms with Crippen LogP contribution < -0.4 is 0 Å². The van der Waals surface area contributed by atoms with Gasteiger partial charge < -0.3 is 10.2 Å². The van der Waals surface area contributed by atoms with Crippen LogP contribution in [0.3, 0.4) is 0 Å². The molecule has 0 aromatic rings. The first-order valence-corrected chi connectivity index (χ1v) is 2.95. The van der Waals surface area contributed by atoms with Gasteiger partial charge in [-0.05, 0) is 12.3 Å². The molecule has 2 N–H and O–H groups in total. The van der Waals surface area contributed by atoms with E-state index in [2.05, 4.69) is 0 Å². The van der Waals surface area contributed by atoms with Crippen molar-refractivity contribution in [2.24, 2.45) is 5.92 Å². The zero-order valence-corrected chi connectivity index (χ0v) is 5.66. The molecule has 0 spiro atoms. The molecule has 1 atom stereocenters. The third-order valence-electron chi connectivity index (χ3n) is 0.980. The van der Waals surface area contributed by atoms with Crippen molar-refractivity contribution in [1.29, 1.82) is 0 Å². The van der Waals surface area contributed by atoms with E-state index in [1.807, 2.05) is 13.8 Å². The van der Waals surface area contributed by atoms with Crippen molar-refractivity contribution in [3.05, 3.63) is 0 Å². The van der Waals surface area contributed by atoms with Gasteiger partial charge in [0.2, 0.25) is 0 Å². The zero-order chi connectivity index (χ0) is 7.44. The van der Waals surface area contributed by atoms with Crippen LogP contribution >= 0.6 is 0 Å². The number of carboxylic acid groups (broad SMARTS) is 1. The van der Waals surface area contributed by atoms with Crippen molar-refractivity contribution < 1.29 is 15.0 Å². The Kier molecular flexibility index (Phi) is 8.51. The number of aliphatic carboxylic acids is 1. The number of aliphatic hydroxyl groups is 1. The van der Waals surface area contributed by atoms with E-state index in [9.17, 15) is 4.79 Å². The quantitative estimate of drug-likeness (QED) is 0.570. The van der Waals surface area contributed by atoms with Gasteiger partial charge in [0, 0.05) is 0 Å². The van der Waals surface area contributed by atoms with Gasteiger partial charge in [-0.25, -0.2) is 4.79 Å². The van der Waals surface area contributed by atoms with Crippen LogP contribution in [0.15, 0.2) is 0 Å². The first-order valence-electron chi connectivity index (χ1n) is 2.95. The van der Waals surface area contributed by atoms with Gasteiger partial charge in [0.05, 0.1) is 0 Å². The van der Waals surface area contributed by atoms with E-state index in [0.717, 1.165) is 0 Å². The topological polar surface area (TPSA) is 57.5 Å². The zero-order valence-electron chi connectivity index (χ0n) is 5.66. The summed E-state index contributed by atoms with van der Waals surface area (Å²) in [6.07, 6.45) is -0.861. The number of carboxylic acids is 1. The molecule has 10 heavy (non-hydrogen) atoms. The Balaban J connectivity index is 0. The number of carbonyl (C=O) groups is 1. The second-order valence-electron chi connectivity index (χ2n) is 2.48. The van der Waals surface area contributed by atoms with Crippen LogP contribution in [0.4, 0.5) is 0 Å². The van der Waals surface area contributed by atoms with Crippen LogP contribution in [-0.2, 0) is 4.79 Å². The Labute approximate surface area is 90.4 Å². The van der Waals surface area contributed by atoms with Crippen molar-refractivity contribution in [1.82, 2.24) is 0 Å². The molecule has 0 saturated carbocycles. The summed E-state index contributed by atoms with van der Waals surface area (Å²) in [7, 11) is 0. The van der Waals surface area contributed by atoms with E-state index in [1.165, 1.54) is 0 Å². The van der Waals surface area contributed by atoms with E-state index in [4.69, 9.17) is 10.2 Å². The summed E-state index contributed by atoms with van der Waals surface area (Å²) in [5, 5.41) is 16.9. The SMILES string of the molecule is CC(C)CC(O)C(=O)O.[CaH2]. The van der Waals surface area contributed by atoms with Crippen molar-refractivity contribution >= 4 is 43.7 Å². The number of hydrogen-bond acceptors (Lipinski definition) is 2. The summed E-state index contributed by atoms with van der Waals surface area (Å²) in [5.41, 5.74) is 0. The van der Waals surface area contributed by atoms with Gasteiger partial charge >= 0.3 is 43.7 Å². The summed E-state index contributed by atoms with van der Waals surface area (Å²) in [4.78, 5) is 9.98. The second-order valence-corrected chi connectivity index (χ2v) is 2.48. The van der Waals surface area contributed by atoms with E-state index < -0.39 is 12.1 Å².